The maximum Gasteiger partial charge on any atom is 0.417 e. The molecule has 0 radical (unpaired) electrons. The molecule has 3 aromatic carbocycles. The number of nitrogens with zero attached hydrogens (tertiary/aromatic N) is 2. The summed E-state index contributed by atoms with van der Waals surface area (Å²) < 4.78 is 69.6. The van der Waals surface area contributed by atoms with Gasteiger partial charge in [-0.2, -0.15) is 13.2 Å². The molecule has 3 aromatic rings. The Morgan fingerprint density at radius 2 is 1.51 bits per heavy atom. The summed E-state index contributed by atoms with van der Waals surface area (Å²) in [6, 6.07) is 15.2. The Morgan fingerprint density at radius 3 is 2.07 bits per heavy atom. The van der Waals surface area contributed by atoms with Gasteiger partial charge in [-0.15, -0.1) is 0 Å². The van der Waals surface area contributed by atoms with Crippen molar-refractivity contribution in [1.82, 2.24) is 10.2 Å². The molecule has 0 aliphatic heterocycles. The molecule has 13 heteroatoms. The fourth-order valence-electron chi connectivity index (χ4n) is 4.32. The molecule has 43 heavy (non-hydrogen) atoms. The highest BCUT2D eigenvalue weighted by molar-refractivity contribution is 7.92. The van der Waals surface area contributed by atoms with E-state index in [1.54, 1.807) is 58.0 Å². The van der Waals surface area contributed by atoms with Gasteiger partial charge in [0.15, 0.2) is 0 Å². The first-order valence-electron chi connectivity index (χ1n) is 13.2. The molecule has 1 atom stereocenters. The van der Waals surface area contributed by atoms with E-state index in [1.165, 1.54) is 29.2 Å². The largest absolute Gasteiger partial charge is 0.417 e. The minimum absolute atomic E-state index is 0.155. The lowest BCUT2D eigenvalue weighted by molar-refractivity contribution is -0.141. The maximum absolute atomic E-state index is 14.1. The number of hydrogen-bond donors (Lipinski definition) is 1. The Bertz CT molecular complexity index is 1560. The third-order valence-electron chi connectivity index (χ3n) is 6.34. The Labute approximate surface area is 259 Å². The average Bonchev–Trinajstić information content (AvgIpc) is 2.91. The van der Waals surface area contributed by atoms with Gasteiger partial charge in [-0.25, -0.2) is 8.42 Å². The third-order valence-corrected chi connectivity index (χ3v) is 8.82. The zero-order valence-electron chi connectivity index (χ0n) is 24.0. The van der Waals surface area contributed by atoms with Crippen LogP contribution < -0.4 is 9.62 Å². The van der Waals surface area contributed by atoms with Gasteiger partial charge in [-0.05, 0) is 69.2 Å². The van der Waals surface area contributed by atoms with Crippen LogP contribution in [0.1, 0.15) is 45.2 Å². The normalized spacial score (nSPS) is 12.9. The molecule has 0 saturated carbocycles. The van der Waals surface area contributed by atoms with Gasteiger partial charge < -0.3 is 10.2 Å². The zero-order valence-corrected chi connectivity index (χ0v) is 26.3. The van der Waals surface area contributed by atoms with Crippen LogP contribution in [0.5, 0.6) is 0 Å². The molecule has 0 aliphatic carbocycles. The Morgan fingerprint density at radius 1 is 0.907 bits per heavy atom. The number of sulfonamides is 1. The van der Waals surface area contributed by atoms with E-state index in [0.29, 0.717) is 21.0 Å². The van der Waals surface area contributed by atoms with Crippen molar-refractivity contribution >= 4 is 50.7 Å². The minimum Gasteiger partial charge on any atom is -0.350 e. The predicted octanol–water partition coefficient (Wildman–Crippen LogP) is 6.93. The van der Waals surface area contributed by atoms with Gasteiger partial charge in [0.1, 0.15) is 12.6 Å². The number of nitrogens with one attached hydrogen (secondary N) is 1. The van der Waals surface area contributed by atoms with Crippen LogP contribution >= 0.6 is 23.2 Å². The van der Waals surface area contributed by atoms with E-state index >= 15 is 0 Å². The lowest BCUT2D eigenvalue weighted by atomic mass is 10.1. The number of benzene rings is 3. The number of rotatable bonds is 10. The first-order valence-corrected chi connectivity index (χ1v) is 15.4. The molecule has 0 saturated heterocycles. The van der Waals surface area contributed by atoms with Crippen molar-refractivity contribution in [3.8, 4) is 0 Å². The summed E-state index contributed by atoms with van der Waals surface area (Å²) in [7, 11) is -4.57. The molecule has 3 rings (SSSR count). The van der Waals surface area contributed by atoms with Crippen molar-refractivity contribution in [3.63, 3.8) is 0 Å². The van der Waals surface area contributed by atoms with Crippen LogP contribution in [0.25, 0.3) is 0 Å². The molecule has 232 valence electrons. The van der Waals surface area contributed by atoms with Gasteiger partial charge >= 0.3 is 6.18 Å². The van der Waals surface area contributed by atoms with Crippen molar-refractivity contribution < 1.29 is 31.2 Å². The Kier molecular flexibility index (Phi) is 10.8. The Balaban J connectivity index is 2.16. The van der Waals surface area contributed by atoms with E-state index in [2.05, 4.69) is 5.32 Å². The van der Waals surface area contributed by atoms with Crippen LogP contribution in [0.2, 0.25) is 10.0 Å². The number of carbonyl (C=O) groups excluding carboxylic acids is 2. The van der Waals surface area contributed by atoms with Gasteiger partial charge in [0.2, 0.25) is 11.8 Å². The monoisotopic (exact) mass is 657 g/mol. The molecule has 0 aromatic heterocycles. The first kappa shape index (κ1) is 34.2. The second kappa shape index (κ2) is 13.6. The highest BCUT2D eigenvalue weighted by Crippen LogP contribution is 2.38. The van der Waals surface area contributed by atoms with E-state index in [0.717, 1.165) is 12.1 Å². The number of carbonyl (C=O) groups is 2. The van der Waals surface area contributed by atoms with Crippen LogP contribution in [0, 0.1) is 0 Å². The molecule has 2 amide bonds. The quantitative estimate of drug-likeness (QED) is 0.256. The van der Waals surface area contributed by atoms with E-state index < -0.39 is 62.4 Å². The van der Waals surface area contributed by atoms with E-state index in [9.17, 15) is 31.2 Å². The third kappa shape index (κ3) is 8.64. The molecule has 0 bridgehead atoms. The first-order chi connectivity index (χ1) is 20.0. The SMILES string of the molecule is CCC(C(=O)NC(C)(C)C)N(Cc1ccccc1Cl)C(=O)CN(c1ccc(Cl)c(C(F)(F)F)c1)S(=O)(=O)c1ccccc1. The summed E-state index contributed by atoms with van der Waals surface area (Å²) in [4.78, 5) is 28.4. The van der Waals surface area contributed by atoms with Crippen LogP contribution in [-0.2, 0) is 32.3 Å². The number of amides is 2. The van der Waals surface area contributed by atoms with Crippen LogP contribution in [0.3, 0.4) is 0 Å². The topological polar surface area (TPSA) is 86.8 Å². The lowest BCUT2D eigenvalue weighted by Gasteiger charge is -2.35. The minimum atomic E-state index is -4.90. The maximum atomic E-state index is 14.1. The van der Waals surface area contributed by atoms with Crippen molar-refractivity contribution in [2.75, 3.05) is 10.8 Å². The molecule has 1 N–H and O–H groups in total. The van der Waals surface area contributed by atoms with E-state index in [1.807, 2.05) is 0 Å². The molecular formula is C30H32Cl2F3N3O4S. The fraction of sp³-hybridized carbons (Fsp3) is 0.333. The molecular weight excluding hydrogens is 626 g/mol. The zero-order chi connectivity index (χ0) is 32.2. The smallest absolute Gasteiger partial charge is 0.350 e. The van der Waals surface area contributed by atoms with Gasteiger partial charge in [0, 0.05) is 17.1 Å². The summed E-state index contributed by atoms with van der Waals surface area (Å²) in [6.07, 6.45) is -4.74. The summed E-state index contributed by atoms with van der Waals surface area (Å²) in [5, 5.41) is 2.52. The summed E-state index contributed by atoms with van der Waals surface area (Å²) in [5.74, 6) is -1.32. The molecule has 0 aliphatic rings. The second-order valence-corrected chi connectivity index (χ2v) is 13.4. The van der Waals surface area contributed by atoms with Gasteiger partial charge in [0.05, 0.1) is 21.2 Å². The molecule has 1 unspecified atom stereocenters. The number of alkyl halides is 3. The average molecular weight is 659 g/mol. The van der Waals surface area contributed by atoms with Crippen LogP contribution in [-0.4, -0.2) is 43.3 Å². The van der Waals surface area contributed by atoms with Gasteiger partial charge in [-0.3, -0.25) is 13.9 Å². The fourth-order valence-corrected chi connectivity index (χ4v) is 6.16. The summed E-state index contributed by atoms with van der Waals surface area (Å²) >= 11 is 12.2. The van der Waals surface area contributed by atoms with Gasteiger partial charge in [0.25, 0.3) is 10.0 Å². The van der Waals surface area contributed by atoms with Crippen molar-refractivity contribution in [3.05, 3.63) is 94.0 Å². The number of hydrogen-bond acceptors (Lipinski definition) is 4. The van der Waals surface area contributed by atoms with Crippen molar-refractivity contribution in [1.29, 1.82) is 0 Å². The molecule has 0 heterocycles. The van der Waals surface area contributed by atoms with Gasteiger partial charge in [-0.1, -0.05) is 66.5 Å². The Hall–Kier alpha value is -3.28. The number of halogens is 5. The van der Waals surface area contributed by atoms with E-state index in [4.69, 9.17) is 23.2 Å². The standard InChI is InChI=1S/C30H32Cl2F3N3O4S/c1-5-26(28(40)36-29(2,3)4)37(18-20-11-9-10-14-24(20)31)27(39)19-38(43(41,42)22-12-7-6-8-13-22)21-15-16-25(32)23(17-21)30(33,34)35/h6-17,26H,5,18-19H2,1-4H3,(H,36,40). The van der Waals surface area contributed by atoms with Crippen LogP contribution in [0.15, 0.2) is 77.7 Å². The van der Waals surface area contributed by atoms with Crippen molar-refractivity contribution in [2.45, 2.75) is 63.3 Å². The molecule has 0 spiro atoms. The summed E-state index contributed by atoms with van der Waals surface area (Å²) in [5.41, 5.74) is -1.86. The van der Waals surface area contributed by atoms with E-state index in [-0.39, 0.29) is 17.9 Å². The highest BCUT2D eigenvalue weighted by atomic mass is 35.5. The highest BCUT2D eigenvalue weighted by Gasteiger charge is 2.37. The lowest BCUT2D eigenvalue weighted by Crippen LogP contribution is -2.55. The predicted molar refractivity (Wildman–Crippen MR) is 161 cm³/mol. The molecule has 7 nitrogen and oxygen atoms in total. The number of anilines is 1. The van der Waals surface area contributed by atoms with Crippen LogP contribution in [0.4, 0.5) is 18.9 Å². The summed E-state index contributed by atoms with van der Waals surface area (Å²) in [6.45, 7) is 5.91. The van der Waals surface area contributed by atoms with Crippen molar-refractivity contribution in [2.24, 2.45) is 0 Å². The second-order valence-electron chi connectivity index (χ2n) is 10.8. The molecule has 0 fully saturated rings.